The highest BCUT2D eigenvalue weighted by Crippen LogP contribution is 2.59. The summed E-state index contributed by atoms with van der Waals surface area (Å²) in [7, 11) is 0. The number of carbonyl (C=O) groups is 1. The number of ketones is 1. The van der Waals surface area contributed by atoms with E-state index in [-0.39, 0.29) is 5.41 Å². The van der Waals surface area contributed by atoms with Gasteiger partial charge in [0, 0.05) is 24.2 Å². The molecular weight excluding hydrogens is 336 g/mol. The summed E-state index contributed by atoms with van der Waals surface area (Å²) in [4.78, 5) is 16.5. The van der Waals surface area contributed by atoms with E-state index in [1.54, 1.807) is 6.20 Å². The molecular formula is C23H28N2O2. The summed E-state index contributed by atoms with van der Waals surface area (Å²) in [6, 6.07) is 6.70. The number of hydrogen-bond acceptors (Lipinski definition) is 3. The maximum atomic E-state index is 12.5. The molecule has 1 heterocycles. The molecule has 3 aliphatic rings. The Kier molecular flexibility index (Phi) is 4.10. The van der Waals surface area contributed by atoms with E-state index < -0.39 is 0 Å². The van der Waals surface area contributed by atoms with Gasteiger partial charge in [-0.25, -0.2) is 4.98 Å². The smallest absolute Gasteiger partial charge is 0.139 e. The van der Waals surface area contributed by atoms with Crippen LogP contribution in [0.5, 0.6) is 5.75 Å². The molecule has 4 atom stereocenters. The Hall–Kier alpha value is -2.10. The van der Waals surface area contributed by atoms with Crippen LogP contribution in [0.1, 0.15) is 56.1 Å². The number of fused-ring (bicyclic) bond motifs is 5. The second-order valence-electron chi connectivity index (χ2n) is 8.84. The van der Waals surface area contributed by atoms with Crippen molar-refractivity contribution in [3.8, 4) is 5.75 Å². The third-order valence-corrected chi connectivity index (χ3v) is 7.58. The molecule has 4 heteroatoms. The summed E-state index contributed by atoms with van der Waals surface area (Å²) in [5.74, 6) is 3.43. The van der Waals surface area contributed by atoms with Crippen LogP contribution in [0.4, 0.5) is 0 Å². The zero-order valence-corrected chi connectivity index (χ0v) is 16.1. The van der Waals surface area contributed by atoms with Crippen LogP contribution in [0, 0.1) is 17.3 Å². The van der Waals surface area contributed by atoms with Crippen LogP contribution in [0.2, 0.25) is 0 Å². The summed E-state index contributed by atoms with van der Waals surface area (Å²) in [6.45, 7) is 3.72. The van der Waals surface area contributed by atoms with Gasteiger partial charge in [-0.15, -0.1) is 0 Å². The van der Waals surface area contributed by atoms with Crippen LogP contribution in [-0.4, -0.2) is 21.9 Å². The number of benzene rings is 1. The molecule has 2 saturated carbocycles. The lowest BCUT2D eigenvalue weighted by molar-refractivity contribution is -0.129. The molecule has 2 aromatic rings. The predicted octanol–water partition coefficient (Wildman–Crippen LogP) is 4.39. The normalized spacial score (nSPS) is 31.9. The molecule has 142 valence electrons. The maximum Gasteiger partial charge on any atom is 0.139 e. The molecule has 0 aliphatic heterocycles. The average Bonchev–Trinajstić information content (AvgIpc) is 3.30. The van der Waals surface area contributed by atoms with E-state index in [0.717, 1.165) is 44.4 Å². The number of carbonyl (C=O) groups excluding carboxylic acids is 1. The largest absolute Gasteiger partial charge is 0.492 e. The van der Waals surface area contributed by atoms with Crippen molar-refractivity contribution in [2.24, 2.45) is 17.3 Å². The van der Waals surface area contributed by atoms with Crippen LogP contribution in [0.25, 0.3) is 0 Å². The van der Waals surface area contributed by atoms with Gasteiger partial charge in [-0.2, -0.15) is 0 Å². The highest BCUT2D eigenvalue weighted by atomic mass is 16.5. The Morgan fingerprint density at radius 1 is 1.26 bits per heavy atom. The fraction of sp³-hybridized carbons (Fsp3) is 0.565. The number of rotatable bonds is 4. The number of nitrogens with zero attached hydrogens (tertiary/aromatic N) is 2. The standard InChI is InChI=1S/C23H28N2O2/c1-23-9-8-19-18-5-3-17(27-13-12-25-11-10-24-15-25)14-16(18)2-4-20(19)21(23)6-7-22(23)26/h3,5,10-11,14-15,19-21H,2,4,6-9,12-13H2,1H3. The molecule has 2 fully saturated rings. The fourth-order valence-electron chi connectivity index (χ4n) is 6.11. The van der Waals surface area contributed by atoms with Gasteiger partial charge in [0.25, 0.3) is 0 Å². The maximum absolute atomic E-state index is 12.5. The monoisotopic (exact) mass is 364 g/mol. The number of hydrogen-bond donors (Lipinski definition) is 0. The van der Waals surface area contributed by atoms with Gasteiger partial charge in [0.1, 0.15) is 18.1 Å². The first kappa shape index (κ1) is 17.0. The first-order valence-electron chi connectivity index (χ1n) is 10.4. The molecule has 0 saturated heterocycles. The van der Waals surface area contributed by atoms with Crippen molar-refractivity contribution < 1.29 is 9.53 Å². The van der Waals surface area contributed by atoms with Crippen LogP contribution >= 0.6 is 0 Å². The second kappa shape index (κ2) is 6.50. The zero-order chi connectivity index (χ0) is 18.4. The van der Waals surface area contributed by atoms with Gasteiger partial charge >= 0.3 is 0 Å². The minimum absolute atomic E-state index is 0.0327. The van der Waals surface area contributed by atoms with E-state index >= 15 is 0 Å². The van der Waals surface area contributed by atoms with Crippen LogP contribution < -0.4 is 4.74 Å². The van der Waals surface area contributed by atoms with Crippen molar-refractivity contribution in [1.29, 1.82) is 0 Å². The van der Waals surface area contributed by atoms with Crippen molar-refractivity contribution in [2.75, 3.05) is 6.61 Å². The number of ether oxygens (including phenoxy) is 1. The summed E-state index contributed by atoms with van der Waals surface area (Å²) < 4.78 is 8.02. The van der Waals surface area contributed by atoms with Gasteiger partial charge in [-0.3, -0.25) is 4.79 Å². The van der Waals surface area contributed by atoms with Crippen molar-refractivity contribution in [1.82, 2.24) is 9.55 Å². The van der Waals surface area contributed by atoms with Gasteiger partial charge < -0.3 is 9.30 Å². The lowest BCUT2D eigenvalue weighted by atomic mass is 9.55. The molecule has 0 N–H and O–H groups in total. The van der Waals surface area contributed by atoms with E-state index in [1.807, 2.05) is 17.1 Å². The molecule has 3 aliphatic carbocycles. The first-order chi connectivity index (χ1) is 13.1. The topological polar surface area (TPSA) is 44.1 Å². The third kappa shape index (κ3) is 2.81. The number of Topliss-reactive ketones (excluding diaryl/α,β-unsaturated/α-hetero) is 1. The predicted molar refractivity (Wildman–Crippen MR) is 104 cm³/mol. The van der Waals surface area contributed by atoms with Crippen LogP contribution in [-0.2, 0) is 17.8 Å². The minimum Gasteiger partial charge on any atom is -0.492 e. The first-order valence-corrected chi connectivity index (χ1v) is 10.4. The Labute approximate surface area is 160 Å². The van der Waals surface area contributed by atoms with E-state index in [0.29, 0.717) is 30.1 Å². The summed E-state index contributed by atoms with van der Waals surface area (Å²) >= 11 is 0. The Morgan fingerprint density at radius 3 is 3.04 bits per heavy atom. The van der Waals surface area contributed by atoms with Crippen LogP contribution in [0.15, 0.2) is 36.9 Å². The molecule has 27 heavy (non-hydrogen) atoms. The number of aryl methyl sites for hydroxylation is 1. The zero-order valence-electron chi connectivity index (χ0n) is 16.1. The summed E-state index contributed by atoms with van der Waals surface area (Å²) in [5.41, 5.74) is 2.95. The number of imidazole rings is 1. The fourth-order valence-corrected chi connectivity index (χ4v) is 6.11. The SMILES string of the molecule is CC12CCC3c4ccc(OCCn5ccnc5)cc4CCC3C1CCC2=O. The molecule has 0 radical (unpaired) electrons. The van der Waals surface area contributed by atoms with Crippen molar-refractivity contribution >= 4 is 5.78 Å². The van der Waals surface area contributed by atoms with Crippen LogP contribution in [0.3, 0.4) is 0 Å². The van der Waals surface area contributed by atoms with E-state index in [9.17, 15) is 4.79 Å². The van der Waals surface area contributed by atoms with Crippen molar-refractivity contribution in [3.05, 3.63) is 48.0 Å². The Balaban J connectivity index is 1.31. The summed E-state index contributed by atoms with van der Waals surface area (Å²) in [6.07, 6.45) is 12.1. The molecule has 1 aromatic carbocycles. The highest BCUT2D eigenvalue weighted by molar-refractivity contribution is 5.87. The molecule has 1 aromatic heterocycles. The van der Waals surface area contributed by atoms with Crippen molar-refractivity contribution in [2.45, 2.75) is 57.9 Å². The van der Waals surface area contributed by atoms with E-state index in [1.165, 1.54) is 17.5 Å². The minimum atomic E-state index is -0.0327. The van der Waals surface area contributed by atoms with E-state index in [4.69, 9.17) is 4.74 Å². The highest BCUT2D eigenvalue weighted by Gasteiger charge is 2.54. The van der Waals surface area contributed by atoms with Gasteiger partial charge in [0.05, 0.1) is 12.9 Å². The Bertz CT molecular complexity index is 844. The van der Waals surface area contributed by atoms with E-state index in [2.05, 4.69) is 30.1 Å². The van der Waals surface area contributed by atoms with Gasteiger partial charge in [0.2, 0.25) is 0 Å². The second-order valence-corrected chi connectivity index (χ2v) is 8.84. The Morgan fingerprint density at radius 2 is 2.19 bits per heavy atom. The molecule has 4 nitrogen and oxygen atoms in total. The average molecular weight is 364 g/mol. The lowest BCUT2D eigenvalue weighted by Crippen LogP contribution is -2.42. The quantitative estimate of drug-likeness (QED) is 0.808. The number of aromatic nitrogens is 2. The van der Waals surface area contributed by atoms with Crippen molar-refractivity contribution in [3.63, 3.8) is 0 Å². The molecule has 5 rings (SSSR count). The molecule has 0 amide bonds. The summed E-state index contributed by atoms with van der Waals surface area (Å²) in [5, 5.41) is 0. The van der Waals surface area contributed by atoms with Gasteiger partial charge in [-0.05, 0) is 73.1 Å². The molecule has 0 spiro atoms. The third-order valence-electron chi connectivity index (χ3n) is 7.58. The van der Waals surface area contributed by atoms with Gasteiger partial charge in [-0.1, -0.05) is 13.0 Å². The molecule has 4 unspecified atom stereocenters. The lowest BCUT2D eigenvalue weighted by Gasteiger charge is -2.48. The van der Waals surface area contributed by atoms with Gasteiger partial charge in [0.15, 0.2) is 0 Å². The molecule has 0 bridgehead atoms.